The highest BCUT2D eigenvalue weighted by Gasteiger charge is 2.38. The first kappa shape index (κ1) is 23.7. The predicted molar refractivity (Wildman–Crippen MR) is 138 cm³/mol. The zero-order chi connectivity index (χ0) is 23.4. The molecule has 1 saturated heterocycles. The molecule has 2 aromatic carbocycles. The third-order valence-electron chi connectivity index (χ3n) is 8.02. The quantitative estimate of drug-likeness (QED) is 0.533. The fourth-order valence-corrected chi connectivity index (χ4v) is 5.90. The molecule has 5 heteroatoms. The number of benzene rings is 2. The monoisotopic (exact) mass is 480 g/mol. The Kier molecular flexibility index (Phi) is 7.46. The van der Waals surface area contributed by atoms with Crippen LogP contribution in [-0.2, 0) is 6.42 Å². The van der Waals surface area contributed by atoms with Crippen molar-refractivity contribution >= 4 is 17.5 Å². The molecule has 1 saturated carbocycles. The average molecular weight is 481 g/mol. The van der Waals surface area contributed by atoms with Gasteiger partial charge in [0.1, 0.15) is 12.4 Å². The van der Waals surface area contributed by atoms with Crippen LogP contribution in [0.1, 0.15) is 60.9 Å². The first-order valence-corrected chi connectivity index (χ1v) is 13.5. The maximum atomic E-state index is 13.1. The number of carbonyl (C=O) groups excluding carboxylic acids is 1. The number of amides is 1. The molecule has 5 rings (SSSR count). The number of ether oxygens (including phenoxy) is 1. The molecule has 2 aliphatic heterocycles. The SMILES string of the molecule is O=C(c1ccc(Cl)cc1)N1CCC2(CCCCc3ccccc3OCCN(CC3CC3)C2)CC1. The van der Waals surface area contributed by atoms with E-state index in [-0.39, 0.29) is 5.91 Å². The fraction of sp³-hybridized carbons (Fsp3) is 0.552. The van der Waals surface area contributed by atoms with Crippen molar-refractivity contribution in [2.45, 2.75) is 51.4 Å². The number of halogens is 1. The van der Waals surface area contributed by atoms with Gasteiger partial charge in [-0.05, 0) is 92.2 Å². The molecule has 182 valence electrons. The first-order valence-electron chi connectivity index (χ1n) is 13.1. The number of hydrogen-bond acceptors (Lipinski definition) is 3. The summed E-state index contributed by atoms with van der Waals surface area (Å²) in [4.78, 5) is 17.8. The minimum atomic E-state index is 0.138. The second-order valence-electron chi connectivity index (χ2n) is 10.6. The van der Waals surface area contributed by atoms with Gasteiger partial charge in [-0.1, -0.05) is 36.2 Å². The van der Waals surface area contributed by atoms with E-state index in [9.17, 15) is 4.79 Å². The lowest BCUT2D eigenvalue weighted by atomic mass is 9.73. The van der Waals surface area contributed by atoms with Gasteiger partial charge in [-0.25, -0.2) is 0 Å². The third-order valence-corrected chi connectivity index (χ3v) is 8.27. The molecule has 0 aromatic heterocycles. The van der Waals surface area contributed by atoms with Crippen molar-refractivity contribution in [2.24, 2.45) is 11.3 Å². The molecule has 2 fully saturated rings. The molecule has 0 N–H and O–H groups in total. The lowest BCUT2D eigenvalue weighted by Crippen LogP contribution is -2.49. The minimum absolute atomic E-state index is 0.138. The lowest BCUT2D eigenvalue weighted by Gasteiger charge is -2.45. The predicted octanol–water partition coefficient (Wildman–Crippen LogP) is 6.08. The molecular weight excluding hydrogens is 444 g/mol. The Bertz CT molecular complexity index is 964. The zero-order valence-electron chi connectivity index (χ0n) is 20.2. The van der Waals surface area contributed by atoms with Crippen LogP contribution in [0.15, 0.2) is 48.5 Å². The molecule has 1 spiro atoms. The number of piperidine rings is 1. The molecule has 0 atom stereocenters. The topological polar surface area (TPSA) is 32.8 Å². The van der Waals surface area contributed by atoms with Crippen LogP contribution in [0.3, 0.4) is 0 Å². The third kappa shape index (κ3) is 5.95. The summed E-state index contributed by atoms with van der Waals surface area (Å²) in [5.74, 6) is 2.07. The van der Waals surface area contributed by atoms with Gasteiger partial charge < -0.3 is 9.64 Å². The molecule has 2 heterocycles. The van der Waals surface area contributed by atoms with Crippen molar-refractivity contribution in [2.75, 3.05) is 39.3 Å². The van der Waals surface area contributed by atoms with Crippen molar-refractivity contribution in [3.05, 3.63) is 64.7 Å². The van der Waals surface area contributed by atoms with Gasteiger partial charge in [0.2, 0.25) is 0 Å². The van der Waals surface area contributed by atoms with Crippen molar-refractivity contribution in [1.82, 2.24) is 9.80 Å². The molecule has 4 nitrogen and oxygen atoms in total. The second-order valence-corrected chi connectivity index (χ2v) is 11.1. The lowest BCUT2D eigenvalue weighted by molar-refractivity contribution is 0.0368. The van der Waals surface area contributed by atoms with Gasteiger partial charge in [-0.3, -0.25) is 9.69 Å². The van der Waals surface area contributed by atoms with E-state index in [1.165, 1.54) is 44.2 Å². The van der Waals surface area contributed by atoms with Crippen molar-refractivity contribution < 1.29 is 9.53 Å². The summed E-state index contributed by atoms with van der Waals surface area (Å²) in [5, 5.41) is 0.671. The molecule has 0 unspecified atom stereocenters. The number of hydrogen-bond donors (Lipinski definition) is 0. The highest BCUT2D eigenvalue weighted by Crippen LogP contribution is 2.40. The maximum absolute atomic E-state index is 13.1. The summed E-state index contributed by atoms with van der Waals surface area (Å²) < 4.78 is 6.27. The van der Waals surface area contributed by atoms with Gasteiger partial charge in [-0.2, -0.15) is 0 Å². The molecule has 34 heavy (non-hydrogen) atoms. The summed E-state index contributed by atoms with van der Waals surface area (Å²) in [6.45, 7) is 5.76. The van der Waals surface area contributed by atoms with E-state index in [0.29, 0.717) is 10.4 Å². The molecular formula is C29H37ClN2O2. The smallest absolute Gasteiger partial charge is 0.253 e. The first-order chi connectivity index (χ1) is 16.6. The Morgan fingerprint density at radius 1 is 0.971 bits per heavy atom. The van der Waals surface area contributed by atoms with Crippen LogP contribution in [0.2, 0.25) is 5.02 Å². The normalized spacial score (nSPS) is 21.7. The number of para-hydroxylation sites is 1. The van der Waals surface area contributed by atoms with Crippen LogP contribution < -0.4 is 4.74 Å². The van der Waals surface area contributed by atoms with Crippen LogP contribution >= 0.6 is 11.6 Å². The Morgan fingerprint density at radius 3 is 2.50 bits per heavy atom. The average Bonchev–Trinajstić information content (AvgIpc) is 3.66. The van der Waals surface area contributed by atoms with Crippen molar-refractivity contribution in [3.63, 3.8) is 0 Å². The molecule has 3 aliphatic rings. The number of rotatable bonds is 3. The van der Waals surface area contributed by atoms with E-state index in [2.05, 4.69) is 34.1 Å². The van der Waals surface area contributed by atoms with E-state index >= 15 is 0 Å². The highest BCUT2D eigenvalue weighted by atomic mass is 35.5. The standard InChI is InChI=1S/C29H37ClN2O2/c30-26-12-10-25(11-13-26)28(33)32-17-15-29(16-18-32)14-4-3-6-24-5-1-2-7-27(24)34-20-19-31(22-29)21-23-8-9-23/h1-2,5,7,10-13,23H,3-4,6,8-9,14-22H2. The summed E-state index contributed by atoms with van der Waals surface area (Å²) in [7, 11) is 0. The maximum Gasteiger partial charge on any atom is 0.253 e. The number of aryl methyl sites for hydroxylation is 1. The van der Waals surface area contributed by atoms with E-state index in [1.54, 1.807) is 0 Å². The number of nitrogens with zero attached hydrogens (tertiary/aromatic N) is 2. The summed E-state index contributed by atoms with van der Waals surface area (Å²) in [6.07, 6.45) is 9.68. The Labute approximate surface area is 209 Å². The van der Waals surface area contributed by atoms with Crippen LogP contribution in [0.4, 0.5) is 0 Å². The van der Waals surface area contributed by atoms with Gasteiger partial charge >= 0.3 is 0 Å². The van der Waals surface area contributed by atoms with Crippen molar-refractivity contribution in [3.8, 4) is 5.75 Å². The van der Waals surface area contributed by atoms with Crippen LogP contribution in [0, 0.1) is 11.3 Å². The largest absolute Gasteiger partial charge is 0.492 e. The highest BCUT2D eigenvalue weighted by molar-refractivity contribution is 6.30. The number of carbonyl (C=O) groups is 1. The van der Waals surface area contributed by atoms with Crippen LogP contribution in [0.5, 0.6) is 5.75 Å². The molecule has 2 aromatic rings. The van der Waals surface area contributed by atoms with Gasteiger partial charge in [0.25, 0.3) is 5.91 Å². The minimum Gasteiger partial charge on any atom is -0.492 e. The van der Waals surface area contributed by atoms with E-state index < -0.39 is 0 Å². The Hall–Kier alpha value is -2.04. The van der Waals surface area contributed by atoms with Crippen LogP contribution in [0.25, 0.3) is 0 Å². The zero-order valence-corrected chi connectivity index (χ0v) is 20.9. The van der Waals surface area contributed by atoms with E-state index in [4.69, 9.17) is 16.3 Å². The molecule has 1 aliphatic carbocycles. The van der Waals surface area contributed by atoms with Gasteiger partial charge in [0, 0.05) is 43.3 Å². The summed E-state index contributed by atoms with van der Waals surface area (Å²) in [5.41, 5.74) is 2.38. The second kappa shape index (κ2) is 10.7. The van der Waals surface area contributed by atoms with Gasteiger partial charge in [-0.15, -0.1) is 0 Å². The number of likely N-dealkylation sites (tertiary alicyclic amines) is 1. The molecule has 0 bridgehead atoms. The summed E-state index contributed by atoms with van der Waals surface area (Å²) >= 11 is 6.02. The molecule has 1 amide bonds. The van der Waals surface area contributed by atoms with E-state index in [1.807, 2.05) is 24.3 Å². The Balaban J connectivity index is 1.27. The summed E-state index contributed by atoms with van der Waals surface area (Å²) in [6, 6.07) is 15.9. The van der Waals surface area contributed by atoms with Gasteiger partial charge in [0.05, 0.1) is 0 Å². The van der Waals surface area contributed by atoms with Crippen LogP contribution in [-0.4, -0.2) is 55.0 Å². The molecule has 0 radical (unpaired) electrons. The van der Waals surface area contributed by atoms with Crippen molar-refractivity contribution in [1.29, 1.82) is 0 Å². The Morgan fingerprint density at radius 2 is 1.74 bits per heavy atom. The van der Waals surface area contributed by atoms with Gasteiger partial charge in [0.15, 0.2) is 0 Å². The van der Waals surface area contributed by atoms with E-state index in [0.717, 1.165) is 69.3 Å². The fourth-order valence-electron chi connectivity index (χ4n) is 5.77. The number of fused-ring (bicyclic) bond motifs is 1.